The molecule has 1 aromatic heterocycles. The first kappa shape index (κ1) is 14.0. The highest BCUT2D eigenvalue weighted by atomic mass is 14.9. The molecule has 0 aliphatic carbocycles. The van der Waals surface area contributed by atoms with Crippen LogP contribution >= 0.6 is 0 Å². The van der Waals surface area contributed by atoms with Gasteiger partial charge in [-0.05, 0) is 44.0 Å². The lowest BCUT2D eigenvalue weighted by molar-refractivity contribution is 0.438. The Labute approximate surface area is 116 Å². The number of likely N-dealkylation sites (N-methyl/N-ethyl adjacent to an activating group) is 1. The van der Waals surface area contributed by atoms with Crippen LogP contribution in [0.25, 0.3) is 10.9 Å². The smallest absolute Gasteiger partial charge is 0.0705 e. The molecular weight excluding hydrogens is 232 g/mol. The van der Waals surface area contributed by atoms with Gasteiger partial charge in [-0.25, -0.2) is 0 Å². The largest absolute Gasteiger partial charge is 0.317 e. The molecule has 0 fully saturated rings. The molecule has 2 heteroatoms. The zero-order valence-electron chi connectivity index (χ0n) is 12.4. The number of aromatic nitrogens is 1. The van der Waals surface area contributed by atoms with Crippen LogP contribution in [-0.2, 0) is 6.42 Å². The number of rotatable bonds is 5. The first-order chi connectivity index (χ1) is 9.10. The Morgan fingerprint density at radius 2 is 1.95 bits per heavy atom. The fraction of sp³-hybridized carbons (Fsp3) is 0.471. The summed E-state index contributed by atoms with van der Waals surface area (Å²) in [4.78, 5) is 4.83. The molecule has 0 aliphatic heterocycles. The fourth-order valence-electron chi connectivity index (χ4n) is 2.57. The van der Waals surface area contributed by atoms with Crippen LogP contribution in [0.2, 0.25) is 0 Å². The van der Waals surface area contributed by atoms with Crippen LogP contribution < -0.4 is 5.32 Å². The molecule has 2 nitrogen and oxygen atoms in total. The van der Waals surface area contributed by atoms with Crippen molar-refractivity contribution in [3.05, 3.63) is 41.6 Å². The van der Waals surface area contributed by atoms with Crippen molar-refractivity contribution in [1.82, 2.24) is 10.3 Å². The van der Waals surface area contributed by atoms with Crippen molar-refractivity contribution in [2.75, 3.05) is 7.05 Å². The van der Waals surface area contributed by atoms with Crippen molar-refractivity contribution in [2.24, 2.45) is 5.92 Å². The quantitative estimate of drug-likeness (QED) is 0.882. The molecule has 1 atom stereocenters. The van der Waals surface area contributed by atoms with Crippen LogP contribution in [0.4, 0.5) is 0 Å². The third-order valence-electron chi connectivity index (χ3n) is 3.62. The predicted molar refractivity (Wildman–Crippen MR) is 82.5 cm³/mol. The summed E-state index contributed by atoms with van der Waals surface area (Å²) < 4.78 is 0. The molecule has 1 N–H and O–H groups in total. The van der Waals surface area contributed by atoms with Crippen molar-refractivity contribution in [1.29, 1.82) is 0 Å². The molecule has 19 heavy (non-hydrogen) atoms. The summed E-state index contributed by atoms with van der Waals surface area (Å²) in [5.41, 5.74) is 3.61. The molecule has 0 spiro atoms. The van der Waals surface area contributed by atoms with Gasteiger partial charge < -0.3 is 5.32 Å². The Morgan fingerprint density at radius 1 is 1.21 bits per heavy atom. The van der Waals surface area contributed by atoms with Crippen molar-refractivity contribution in [2.45, 2.75) is 39.7 Å². The number of aryl methyl sites for hydroxylation is 1. The van der Waals surface area contributed by atoms with E-state index in [1.54, 1.807) is 0 Å². The number of nitrogens with zero attached hydrogens (tertiary/aromatic N) is 1. The molecule has 0 aliphatic rings. The van der Waals surface area contributed by atoms with E-state index in [1.165, 1.54) is 23.1 Å². The number of fused-ring (bicyclic) bond motifs is 1. The molecule has 102 valence electrons. The van der Waals surface area contributed by atoms with Crippen molar-refractivity contribution >= 4 is 10.9 Å². The molecule has 2 rings (SSSR count). The van der Waals surface area contributed by atoms with Crippen molar-refractivity contribution < 1.29 is 0 Å². The number of nitrogens with one attached hydrogen (secondary N) is 1. The van der Waals surface area contributed by atoms with Gasteiger partial charge in [-0.3, -0.25) is 4.98 Å². The van der Waals surface area contributed by atoms with Crippen LogP contribution in [0.3, 0.4) is 0 Å². The van der Waals surface area contributed by atoms with Gasteiger partial charge in [0.2, 0.25) is 0 Å². The second-order valence-electron chi connectivity index (χ2n) is 5.76. The number of pyridine rings is 1. The van der Waals surface area contributed by atoms with Gasteiger partial charge in [0.1, 0.15) is 0 Å². The van der Waals surface area contributed by atoms with E-state index in [0.717, 1.165) is 11.9 Å². The second-order valence-corrected chi connectivity index (χ2v) is 5.76. The van der Waals surface area contributed by atoms with Gasteiger partial charge >= 0.3 is 0 Å². The molecular formula is C17H24N2. The molecule has 0 saturated heterocycles. The number of benzene rings is 1. The van der Waals surface area contributed by atoms with Crippen LogP contribution in [0.15, 0.2) is 30.3 Å². The van der Waals surface area contributed by atoms with Gasteiger partial charge in [-0.1, -0.05) is 32.0 Å². The van der Waals surface area contributed by atoms with Crippen LogP contribution in [0.1, 0.15) is 31.5 Å². The van der Waals surface area contributed by atoms with E-state index in [0.29, 0.717) is 12.0 Å². The van der Waals surface area contributed by atoms with E-state index in [4.69, 9.17) is 4.98 Å². The number of hydrogen-bond acceptors (Lipinski definition) is 2. The molecule has 1 aromatic carbocycles. The Kier molecular flexibility index (Phi) is 4.54. The maximum absolute atomic E-state index is 4.83. The van der Waals surface area contributed by atoms with E-state index in [1.807, 2.05) is 7.05 Å². The highest BCUT2D eigenvalue weighted by Crippen LogP contribution is 2.18. The van der Waals surface area contributed by atoms with Gasteiger partial charge in [-0.2, -0.15) is 0 Å². The highest BCUT2D eigenvalue weighted by molar-refractivity contribution is 5.79. The van der Waals surface area contributed by atoms with Crippen molar-refractivity contribution in [3.63, 3.8) is 0 Å². The van der Waals surface area contributed by atoms with E-state index < -0.39 is 0 Å². The standard InChI is InChI=1S/C17H24N2/c1-12(2)9-15(18-4)11-17-13(3)10-14-7-5-6-8-16(14)19-17/h5-8,10,12,15,18H,9,11H2,1-4H3. The topological polar surface area (TPSA) is 24.9 Å². The Hall–Kier alpha value is -1.41. The fourth-order valence-corrected chi connectivity index (χ4v) is 2.57. The third kappa shape index (κ3) is 3.54. The third-order valence-corrected chi connectivity index (χ3v) is 3.62. The molecule has 2 aromatic rings. The van der Waals surface area contributed by atoms with E-state index in [-0.39, 0.29) is 0 Å². The first-order valence-electron chi connectivity index (χ1n) is 7.12. The van der Waals surface area contributed by atoms with E-state index in [2.05, 4.69) is 56.4 Å². The number of para-hydroxylation sites is 1. The Bertz CT molecular complexity index is 546. The average molecular weight is 256 g/mol. The molecule has 0 radical (unpaired) electrons. The first-order valence-corrected chi connectivity index (χ1v) is 7.12. The normalized spacial score (nSPS) is 13.1. The van der Waals surface area contributed by atoms with Crippen molar-refractivity contribution in [3.8, 4) is 0 Å². The summed E-state index contributed by atoms with van der Waals surface area (Å²) in [6, 6.07) is 11.1. The highest BCUT2D eigenvalue weighted by Gasteiger charge is 2.12. The van der Waals surface area contributed by atoms with Gasteiger partial charge in [0.15, 0.2) is 0 Å². The summed E-state index contributed by atoms with van der Waals surface area (Å²) in [6.07, 6.45) is 2.19. The summed E-state index contributed by atoms with van der Waals surface area (Å²) in [5.74, 6) is 0.707. The second kappa shape index (κ2) is 6.16. The Morgan fingerprint density at radius 3 is 2.63 bits per heavy atom. The molecule has 1 unspecified atom stereocenters. The number of hydrogen-bond donors (Lipinski definition) is 1. The maximum atomic E-state index is 4.83. The summed E-state index contributed by atoms with van der Waals surface area (Å²) in [5, 5.41) is 4.65. The van der Waals surface area contributed by atoms with Crippen LogP contribution in [0.5, 0.6) is 0 Å². The van der Waals surface area contributed by atoms with Crippen LogP contribution in [0, 0.1) is 12.8 Å². The molecule has 0 amide bonds. The Balaban J connectivity index is 2.26. The predicted octanol–water partition coefficient (Wildman–Crippen LogP) is 3.72. The minimum Gasteiger partial charge on any atom is -0.317 e. The minimum atomic E-state index is 0.507. The molecule has 0 saturated carbocycles. The van der Waals surface area contributed by atoms with Gasteiger partial charge in [0.05, 0.1) is 5.52 Å². The van der Waals surface area contributed by atoms with Gasteiger partial charge in [-0.15, -0.1) is 0 Å². The lowest BCUT2D eigenvalue weighted by atomic mass is 9.97. The van der Waals surface area contributed by atoms with Gasteiger partial charge in [0.25, 0.3) is 0 Å². The molecule has 1 heterocycles. The summed E-state index contributed by atoms with van der Waals surface area (Å²) in [7, 11) is 2.05. The van der Waals surface area contributed by atoms with Gasteiger partial charge in [0, 0.05) is 23.5 Å². The average Bonchev–Trinajstić information content (AvgIpc) is 2.38. The van der Waals surface area contributed by atoms with E-state index >= 15 is 0 Å². The van der Waals surface area contributed by atoms with Crippen LogP contribution in [-0.4, -0.2) is 18.1 Å². The lowest BCUT2D eigenvalue weighted by Gasteiger charge is -2.19. The minimum absolute atomic E-state index is 0.507. The zero-order chi connectivity index (χ0) is 13.8. The molecule has 0 bridgehead atoms. The lowest BCUT2D eigenvalue weighted by Crippen LogP contribution is -2.29. The summed E-state index contributed by atoms with van der Waals surface area (Å²) >= 11 is 0. The maximum Gasteiger partial charge on any atom is 0.0705 e. The zero-order valence-corrected chi connectivity index (χ0v) is 12.4. The monoisotopic (exact) mass is 256 g/mol. The SMILES string of the molecule is CNC(Cc1nc2ccccc2cc1C)CC(C)C. The van der Waals surface area contributed by atoms with E-state index in [9.17, 15) is 0 Å². The summed E-state index contributed by atoms with van der Waals surface area (Å²) in [6.45, 7) is 6.70.